The van der Waals surface area contributed by atoms with Crippen molar-refractivity contribution in [2.75, 3.05) is 104 Å². The Kier molecular flexibility index (Phi) is 38.1. The molecular weight excluding hydrogens is 710 g/mol. The average molecular weight is 795 g/mol. The van der Waals surface area contributed by atoms with Crippen molar-refractivity contribution in [3.05, 3.63) is 24.3 Å². The number of hydrogen-bond acceptors (Lipinski definition) is 12. The monoisotopic (exact) mass is 795 g/mol. The molecule has 2 atom stereocenters. The SMILES string of the molecule is CCCCC/C=C\CCCOP(=O)(CCN(CCCN)CCCN)OCCCOP(=O)(CCN(CCCN)CCCN)OCCC/C=C\CCCCC. The molecule has 0 spiro atoms. The highest BCUT2D eigenvalue weighted by atomic mass is 31.2. The minimum Gasteiger partial charge on any atom is -0.330 e. The summed E-state index contributed by atoms with van der Waals surface area (Å²) >= 11 is 0. The predicted octanol–water partition coefficient (Wildman–Crippen LogP) is 7.66. The van der Waals surface area contributed by atoms with Crippen molar-refractivity contribution < 1.29 is 27.2 Å². The number of hydrogen-bond donors (Lipinski definition) is 4. The molecule has 14 heteroatoms. The first-order chi connectivity index (χ1) is 25.8. The molecule has 12 nitrogen and oxygen atoms in total. The second-order valence-corrected chi connectivity index (χ2v) is 18.2. The molecule has 0 aliphatic rings. The summed E-state index contributed by atoms with van der Waals surface area (Å²) in [6.45, 7) is 12.3. The molecule has 0 heterocycles. The van der Waals surface area contributed by atoms with Crippen molar-refractivity contribution in [3.63, 3.8) is 0 Å². The molecular formula is C39H84N6O6P2. The highest BCUT2D eigenvalue weighted by Gasteiger charge is 2.28. The molecule has 0 rings (SSSR count). The molecule has 0 saturated carbocycles. The molecule has 0 aromatic carbocycles. The van der Waals surface area contributed by atoms with Crippen LogP contribution in [0.15, 0.2) is 24.3 Å². The van der Waals surface area contributed by atoms with Crippen LogP contribution in [0.25, 0.3) is 0 Å². The van der Waals surface area contributed by atoms with Gasteiger partial charge in [-0.3, -0.25) is 9.13 Å². The Hall–Kier alpha value is -0.460. The fourth-order valence-electron chi connectivity index (χ4n) is 5.56. The van der Waals surface area contributed by atoms with Gasteiger partial charge in [-0.2, -0.15) is 0 Å². The summed E-state index contributed by atoms with van der Waals surface area (Å²) in [5.74, 6) is 0. The Bertz CT molecular complexity index is 860. The first-order valence-electron chi connectivity index (χ1n) is 21.1. The van der Waals surface area contributed by atoms with E-state index in [1.54, 1.807) is 0 Å². The van der Waals surface area contributed by atoms with Crippen LogP contribution >= 0.6 is 15.2 Å². The Balaban J connectivity index is 5.31. The largest absolute Gasteiger partial charge is 0.331 e. The van der Waals surface area contributed by atoms with Crippen LogP contribution in [-0.4, -0.2) is 114 Å². The fraction of sp³-hybridized carbons (Fsp3) is 0.897. The normalized spacial score (nSPS) is 14.6. The summed E-state index contributed by atoms with van der Waals surface area (Å²) in [6, 6.07) is 0. The van der Waals surface area contributed by atoms with Gasteiger partial charge in [0.25, 0.3) is 0 Å². The quantitative estimate of drug-likeness (QED) is 0.0270. The lowest BCUT2D eigenvalue weighted by Crippen LogP contribution is -2.31. The zero-order chi connectivity index (χ0) is 39.1. The first kappa shape index (κ1) is 52.5. The molecule has 0 saturated heterocycles. The van der Waals surface area contributed by atoms with E-state index in [1.807, 2.05) is 0 Å². The number of nitrogens with zero attached hydrogens (tertiary/aromatic N) is 2. The lowest BCUT2D eigenvalue weighted by Gasteiger charge is -2.26. The van der Waals surface area contributed by atoms with Gasteiger partial charge in [-0.1, -0.05) is 63.8 Å². The second kappa shape index (κ2) is 38.4. The molecule has 0 amide bonds. The third kappa shape index (κ3) is 33.4. The fourth-order valence-corrected chi connectivity index (χ4v) is 8.91. The average Bonchev–Trinajstić information content (AvgIpc) is 3.16. The van der Waals surface area contributed by atoms with E-state index in [0.717, 1.165) is 90.4 Å². The van der Waals surface area contributed by atoms with Gasteiger partial charge in [-0.25, -0.2) is 0 Å². The highest BCUT2D eigenvalue weighted by molar-refractivity contribution is 7.54. The van der Waals surface area contributed by atoms with Crippen molar-refractivity contribution in [2.24, 2.45) is 22.9 Å². The van der Waals surface area contributed by atoms with Gasteiger partial charge in [0.15, 0.2) is 0 Å². The zero-order valence-electron chi connectivity index (χ0n) is 34.2. The maximum absolute atomic E-state index is 14.0. The molecule has 0 aromatic rings. The molecule has 0 aliphatic heterocycles. The molecule has 8 N–H and O–H groups in total. The maximum Gasteiger partial charge on any atom is 0.331 e. The van der Waals surface area contributed by atoms with Gasteiger partial charge in [0.1, 0.15) is 0 Å². The molecule has 0 aliphatic carbocycles. The summed E-state index contributed by atoms with van der Waals surface area (Å²) in [5.41, 5.74) is 23.1. The molecule has 2 unspecified atom stereocenters. The van der Waals surface area contributed by atoms with Crippen molar-refractivity contribution in [1.82, 2.24) is 9.80 Å². The van der Waals surface area contributed by atoms with Gasteiger partial charge in [0, 0.05) is 13.1 Å². The summed E-state index contributed by atoms with van der Waals surface area (Å²) < 4.78 is 52.0. The van der Waals surface area contributed by atoms with Crippen molar-refractivity contribution in [1.29, 1.82) is 0 Å². The number of rotatable bonds is 42. The Morgan fingerprint density at radius 3 is 1.02 bits per heavy atom. The van der Waals surface area contributed by atoms with Gasteiger partial charge in [-0.15, -0.1) is 0 Å². The predicted molar refractivity (Wildman–Crippen MR) is 226 cm³/mol. The van der Waals surface area contributed by atoms with E-state index >= 15 is 0 Å². The van der Waals surface area contributed by atoms with Crippen LogP contribution in [0.5, 0.6) is 0 Å². The minimum atomic E-state index is -3.39. The van der Waals surface area contributed by atoms with Crippen LogP contribution in [0, 0.1) is 0 Å². The zero-order valence-corrected chi connectivity index (χ0v) is 36.0. The Morgan fingerprint density at radius 2 is 0.717 bits per heavy atom. The van der Waals surface area contributed by atoms with Crippen molar-refractivity contribution >= 4 is 15.2 Å². The van der Waals surface area contributed by atoms with Crippen LogP contribution in [0.4, 0.5) is 0 Å². The molecule has 0 radical (unpaired) electrons. The van der Waals surface area contributed by atoms with Gasteiger partial charge in [0.05, 0.1) is 38.8 Å². The van der Waals surface area contributed by atoms with E-state index in [2.05, 4.69) is 48.0 Å². The van der Waals surface area contributed by atoms with E-state index in [4.69, 9.17) is 41.0 Å². The van der Waals surface area contributed by atoms with Crippen LogP contribution in [0.3, 0.4) is 0 Å². The topological polar surface area (TPSA) is 182 Å². The standard InChI is InChI=1S/C39H84N6O6P2/c1-3-5-7-9-11-13-15-17-34-48-52(46,38-32-44(28-19-24-40)29-20-25-41)50-36-23-37-51-53(47,39-33-45(30-21-26-42)31-22-27-43)49-35-18-16-14-12-10-8-6-4-2/h11-14H,3-10,15-43H2,1-2H3/b13-11-,14-12-. The highest BCUT2D eigenvalue weighted by Crippen LogP contribution is 2.50. The third-order valence-electron chi connectivity index (χ3n) is 8.85. The molecule has 0 bridgehead atoms. The lowest BCUT2D eigenvalue weighted by atomic mass is 10.2. The third-order valence-corrected chi connectivity index (χ3v) is 12.6. The van der Waals surface area contributed by atoms with Crippen molar-refractivity contribution in [3.8, 4) is 0 Å². The second-order valence-electron chi connectivity index (χ2n) is 13.8. The van der Waals surface area contributed by atoms with Crippen LogP contribution in [-0.2, 0) is 27.2 Å². The van der Waals surface area contributed by atoms with E-state index in [9.17, 15) is 9.13 Å². The summed E-state index contributed by atoms with van der Waals surface area (Å²) in [7, 11) is -6.78. The summed E-state index contributed by atoms with van der Waals surface area (Å²) in [5, 5.41) is 0. The number of allylic oxidation sites excluding steroid dienone is 4. The van der Waals surface area contributed by atoms with E-state index in [-0.39, 0.29) is 25.5 Å². The van der Waals surface area contributed by atoms with E-state index in [0.29, 0.717) is 58.9 Å². The Labute approximate surface area is 325 Å². The summed E-state index contributed by atoms with van der Waals surface area (Å²) in [4.78, 5) is 4.48. The van der Waals surface area contributed by atoms with Crippen LogP contribution in [0.1, 0.15) is 123 Å². The van der Waals surface area contributed by atoms with Crippen LogP contribution in [0.2, 0.25) is 0 Å². The summed E-state index contributed by atoms with van der Waals surface area (Å²) in [6.07, 6.45) is 26.0. The molecule has 0 fully saturated rings. The van der Waals surface area contributed by atoms with E-state index < -0.39 is 15.2 Å². The lowest BCUT2D eigenvalue weighted by molar-refractivity contribution is 0.166. The van der Waals surface area contributed by atoms with Gasteiger partial charge < -0.3 is 50.8 Å². The molecule has 316 valence electrons. The number of nitrogens with two attached hydrogens (primary N) is 4. The minimum absolute atomic E-state index is 0.169. The molecule has 53 heavy (non-hydrogen) atoms. The van der Waals surface area contributed by atoms with Crippen molar-refractivity contribution in [2.45, 2.75) is 123 Å². The first-order valence-corrected chi connectivity index (χ1v) is 24.6. The van der Waals surface area contributed by atoms with E-state index in [1.165, 1.54) is 38.5 Å². The smallest absolute Gasteiger partial charge is 0.330 e. The van der Waals surface area contributed by atoms with Gasteiger partial charge >= 0.3 is 15.2 Å². The van der Waals surface area contributed by atoms with Crippen LogP contribution < -0.4 is 22.9 Å². The molecule has 0 aromatic heterocycles. The van der Waals surface area contributed by atoms with Gasteiger partial charge in [0.2, 0.25) is 0 Å². The van der Waals surface area contributed by atoms with Gasteiger partial charge in [-0.05, 0) is 136 Å². The maximum atomic E-state index is 14.0. The number of unbranched alkanes of at least 4 members (excludes halogenated alkanes) is 8. The Morgan fingerprint density at radius 1 is 0.415 bits per heavy atom.